The fraction of sp³-hybridized carbons (Fsp3) is 0.692. The molecule has 0 atom stereocenters. The predicted octanol–water partition coefficient (Wildman–Crippen LogP) is 1.47. The number of carbonyl (C=O) groups is 1. The number of carbonyl (C=O) groups excluding carboxylic acids is 1. The normalized spacial score (nSPS) is 22.3. The highest BCUT2D eigenvalue weighted by Gasteiger charge is 2.18. The third-order valence-corrected chi connectivity index (χ3v) is 3.46. The molecule has 0 aromatic carbocycles. The van der Waals surface area contributed by atoms with Gasteiger partial charge in [0.1, 0.15) is 0 Å². The van der Waals surface area contributed by atoms with Gasteiger partial charge in [0.2, 0.25) is 5.91 Å². The molecule has 1 saturated heterocycles. The fourth-order valence-electron chi connectivity index (χ4n) is 2.28. The lowest BCUT2D eigenvalue weighted by Crippen LogP contribution is -2.28. The minimum absolute atomic E-state index is 0.234. The molecule has 2 rings (SSSR count). The molecule has 0 aromatic rings. The first-order valence-corrected chi connectivity index (χ1v) is 6.24. The second-order valence-electron chi connectivity index (χ2n) is 4.82. The monoisotopic (exact) mass is 221 g/mol. The first-order chi connectivity index (χ1) is 7.75. The first kappa shape index (κ1) is 11.6. The number of likely N-dealkylation sites (tertiary alicyclic amines) is 1. The standard InChI is InChI=1S/C13H21N2O/c1-14-10-6-12(7-11-14)4-5-13(16)15-8-2-3-9-15/h5-6H,2-4,7-11H2,1H3. The molecule has 3 nitrogen and oxygen atoms in total. The molecule has 0 bridgehead atoms. The Bertz CT molecular complexity index is 280. The summed E-state index contributed by atoms with van der Waals surface area (Å²) in [4.78, 5) is 16.1. The highest BCUT2D eigenvalue weighted by Crippen LogP contribution is 2.16. The molecular formula is C13H21N2O. The van der Waals surface area contributed by atoms with Crippen molar-refractivity contribution in [2.24, 2.45) is 0 Å². The summed E-state index contributed by atoms with van der Waals surface area (Å²) in [6.07, 6.45) is 8.43. The van der Waals surface area contributed by atoms with Crippen molar-refractivity contribution in [3.05, 3.63) is 18.1 Å². The number of rotatable bonds is 3. The van der Waals surface area contributed by atoms with Crippen LogP contribution in [0.1, 0.15) is 25.7 Å². The van der Waals surface area contributed by atoms with Crippen LogP contribution in [0, 0.1) is 6.42 Å². The van der Waals surface area contributed by atoms with E-state index >= 15 is 0 Å². The fourth-order valence-corrected chi connectivity index (χ4v) is 2.28. The Morgan fingerprint density at radius 3 is 2.75 bits per heavy atom. The Kier molecular flexibility index (Phi) is 3.99. The van der Waals surface area contributed by atoms with E-state index in [1.165, 1.54) is 18.4 Å². The maximum Gasteiger partial charge on any atom is 0.226 e. The highest BCUT2D eigenvalue weighted by atomic mass is 16.2. The molecule has 0 N–H and O–H groups in total. The van der Waals surface area contributed by atoms with E-state index in [2.05, 4.69) is 18.0 Å². The van der Waals surface area contributed by atoms with Gasteiger partial charge in [-0.3, -0.25) is 4.79 Å². The van der Waals surface area contributed by atoms with Crippen LogP contribution in [0.2, 0.25) is 0 Å². The molecule has 3 heteroatoms. The Labute approximate surface area is 98.1 Å². The molecule has 16 heavy (non-hydrogen) atoms. The molecule has 1 amide bonds. The second kappa shape index (κ2) is 5.48. The molecule has 0 unspecified atom stereocenters. The predicted molar refractivity (Wildman–Crippen MR) is 64.9 cm³/mol. The number of likely N-dealkylation sites (N-methyl/N-ethyl adjacent to an activating group) is 1. The lowest BCUT2D eigenvalue weighted by molar-refractivity contribution is -0.126. The summed E-state index contributed by atoms with van der Waals surface area (Å²) >= 11 is 0. The van der Waals surface area contributed by atoms with Crippen LogP contribution in [-0.2, 0) is 4.79 Å². The van der Waals surface area contributed by atoms with E-state index in [-0.39, 0.29) is 5.91 Å². The summed E-state index contributed by atoms with van der Waals surface area (Å²) in [5, 5.41) is 0. The molecule has 0 spiro atoms. The van der Waals surface area contributed by atoms with Gasteiger partial charge in [0.25, 0.3) is 0 Å². The van der Waals surface area contributed by atoms with Gasteiger partial charge < -0.3 is 9.80 Å². The van der Waals surface area contributed by atoms with Crippen molar-refractivity contribution in [2.45, 2.75) is 25.7 Å². The van der Waals surface area contributed by atoms with E-state index < -0.39 is 0 Å². The zero-order valence-electron chi connectivity index (χ0n) is 10.1. The number of amides is 1. The summed E-state index contributed by atoms with van der Waals surface area (Å²) in [6, 6.07) is 0. The molecule has 0 aromatic heterocycles. The lowest BCUT2D eigenvalue weighted by atomic mass is 10.0. The number of hydrogen-bond acceptors (Lipinski definition) is 2. The smallest absolute Gasteiger partial charge is 0.226 e. The van der Waals surface area contributed by atoms with Gasteiger partial charge in [0.15, 0.2) is 0 Å². The molecule has 89 valence electrons. The Morgan fingerprint density at radius 1 is 1.38 bits per heavy atom. The van der Waals surface area contributed by atoms with Crippen molar-refractivity contribution in [3.8, 4) is 0 Å². The van der Waals surface area contributed by atoms with Gasteiger partial charge in [0, 0.05) is 26.2 Å². The van der Waals surface area contributed by atoms with Crippen molar-refractivity contribution in [2.75, 3.05) is 33.2 Å². The number of nitrogens with zero attached hydrogens (tertiary/aromatic N) is 2. The van der Waals surface area contributed by atoms with Crippen LogP contribution in [0.25, 0.3) is 0 Å². The van der Waals surface area contributed by atoms with E-state index in [0.717, 1.165) is 39.0 Å². The van der Waals surface area contributed by atoms with Crippen LogP contribution in [0.5, 0.6) is 0 Å². The van der Waals surface area contributed by atoms with E-state index in [1.807, 2.05) is 11.3 Å². The van der Waals surface area contributed by atoms with E-state index in [0.29, 0.717) is 0 Å². The third-order valence-electron chi connectivity index (χ3n) is 3.46. The van der Waals surface area contributed by atoms with Crippen LogP contribution >= 0.6 is 0 Å². The minimum atomic E-state index is 0.234. The van der Waals surface area contributed by atoms with Crippen LogP contribution in [0.15, 0.2) is 11.6 Å². The Morgan fingerprint density at radius 2 is 2.12 bits per heavy atom. The number of hydrogen-bond donors (Lipinski definition) is 0. The molecule has 2 aliphatic heterocycles. The zero-order valence-corrected chi connectivity index (χ0v) is 10.1. The van der Waals surface area contributed by atoms with Gasteiger partial charge in [-0.05, 0) is 32.7 Å². The van der Waals surface area contributed by atoms with Gasteiger partial charge in [-0.15, -0.1) is 0 Å². The second-order valence-corrected chi connectivity index (χ2v) is 4.82. The Balaban J connectivity index is 1.72. The quantitative estimate of drug-likeness (QED) is 0.674. The largest absolute Gasteiger partial charge is 0.342 e. The summed E-state index contributed by atoms with van der Waals surface area (Å²) in [5.74, 6) is 0.234. The molecule has 2 heterocycles. The zero-order chi connectivity index (χ0) is 11.4. The van der Waals surface area contributed by atoms with Crippen LogP contribution in [0.3, 0.4) is 0 Å². The minimum Gasteiger partial charge on any atom is -0.342 e. The van der Waals surface area contributed by atoms with Crippen LogP contribution in [-0.4, -0.2) is 48.9 Å². The van der Waals surface area contributed by atoms with E-state index in [1.54, 1.807) is 0 Å². The molecule has 1 radical (unpaired) electrons. The lowest BCUT2D eigenvalue weighted by Gasteiger charge is -2.22. The summed E-state index contributed by atoms with van der Waals surface area (Å²) < 4.78 is 0. The third kappa shape index (κ3) is 3.08. The van der Waals surface area contributed by atoms with Crippen LogP contribution < -0.4 is 0 Å². The van der Waals surface area contributed by atoms with Gasteiger partial charge in [-0.25, -0.2) is 0 Å². The summed E-state index contributed by atoms with van der Waals surface area (Å²) in [7, 11) is 2.13. The van der Waals surface area contributed by atoms with Crippen LogP contribution in [0.4, 0.5) is 0 Å². The van der Waals surface area contributed by atoms with Gasteiger partial charge in [0.05, 0.1) is 6.42 Å². The Hall–Kier alpha value is -0.830. The van der Waals surface area contributed by atoms with E-state index in [4.69, 9.17) is 0 Å². The highest BCUT2D eigenvalue weighted by molar-refractivity contribution is 5.85. The van der Waals surface area contributed by atoms with Gasteiger partial charge in [-0.1, -0.05) is 11.6 Å². The van der Waals surface area contributed by atoms with Crippen molar-refractivity contribution in [1.82, 2.24) is 9.80 Å². The van der Waals surface area contributed by atoms with Crippen molar-refractivity contribution >= 4 is 5.91 Å². The maximum atomic E-state index is 11.8. The average molecular weight is 221 g/mol. The topological polar surface area (TPSA) is 23.6 Å². The molecule has 0 aliphatic carbocycles. The molecule has 2 aliphatic rings. The SMILES string of the molecule is CN1CC=C(C[CH]C(=O)N2CCCC2)CC1. The van der Waals surface area contributed by atoms with Crippen molar-refractivity contribution < 1.29 is 4.79 Å². The van der Waals surface area contributed by atoms with E-state index in [9.17, 15) is 4.79 Å². The average Bonchev–Trinajstić information content (AvgIpc) is 2.81. The van der Waals surface area contributed by atoms with Crippen molar-refractivity contribution in [1.29, 1.82) is 0 Å². The molecule has 0 saturated carbocycles. The summed E-state index contributed by atoms with van der Waals surface area (Å²) in [6.45, 7) is 4.06. The molecular weight excluding hydrogens is 200 g/mol. The summed E-state index contributed by atoms with van der Waals surface area (Å²) in [5.41, 5.74) is 1.42. The maximum absolute atomic E-state index is 11.8. The van der Waals surface area contributed by atoms with Crippen molar-refractivity contribution in [3.63, 3.8) is 0 Å². The first-order valence-electron chi connectivity index (χ1n) is 6.24. The van der Waals surface area contributed by atoms with Gasteiger partial charge >= 0.3 is 0 Å². The molecule has 1 fully saturated rings. The van der Waals surface area contributed by atoms with Gasteiger partial charge in [-0.2, -0.15) is 0 Å².